The molecule has 1 aromatic rings. The van der Waals surface area contributed by atoms with E-state index in [9.17, 15) is 9.59 Å². The maximum atomic E-state index is 12.5. The van der Waals surface area contributed by atoms with E-state index in [2.05, 4.69) is 20.9 Å². The fourth-order valence-corrected chi connectivity index (χ4v) is 2.50. The summed E-state index contributed by atoms with van der Waals surface area (Å²) in [6.45, 7) is 12.3. The normalized spacial score (nSPS) is 13.3. The minimum Gasteiger partial charge on any atom is -0.455 e. The molecule has 1 rings (SSSR count). The molecule has 0 fully saturated rings. The zero-order valence-corrected chi connectivity index (χ0v) is 17.4. The third-order valence-corrected chi connectivity index (χ3v) is 3.57. The first-order valence-corrected chi connectivity index (χ1v) is 8.84. The van der Waals surface area contributed by atoms with Crippen molar-refractivity contribution in [2.24, 2.45) is 0 Å². The van der Waals surface area contributed by atoms with Gasteiger partial charge < -0.3 is 9.47 Å². The Balaban J connectivity index is 3.19. The molecular weight excluding hydrogens is 390 g/mol. The van der Waals surface area contributed by atoms with Gasteiger partial charge in [0, 0.05) is 0 Å². The number of hydrogen-bond donors (Lipinski definition) is 1. The van der Waals surface area contributed by atoms with Gasteiger partial charge >= 0.3 is 12.1 Å². The lowest BCUT2D eigenvalue weighted by Gasteiger charge is -2.24. The van der Waals surface area contributed by atoms with E-state index in [4.69, 9.17) is 14.9 Å². The zero-order chi connectivity index (χ0) is 19.6. The van der Waals surface area contributed by atoms with Crippen LogP contribution in [0.4, 0.5) is 4.79 Å². The number of aromatic nitrogens is 2. The van der Waals surface area contributed by atoms with Crippen LogP contribution >= 0.6 is 15.9 Å². The van der Waals surface area contributed by atoms with Crippen molar-refractivity contribution in [2.45, 2.75) is 72.0 Å². The molecule has 0 aromatic carbocycles. The fourth-order valence-electron chi connectivity index (χ4n) is 2.07. The topological polar surface area (TPSA) is 94.3 Å². The molecule has 1 N–H and O–H groups in total. The Morgan fingerprint density at radius 2 is 1.72 bits per heavy atom. The molecule has 8 heteroatoms. The Bertz CT molecular complexity index is 668. The molecule has 7 nitrogen and oxygen atoms in total. The third kappa shape index (κ3) is 5.95. The number of carbonyl (C=O) groups excluding carboxylic acids is 2. The van der Waals surface area contributed by atoms with Crippen LogP contribution in [0.15, 0.2) is 10.8 Å². The average Bonchev–Trinajstić information content (AvgIpc) is 2.77. The lowest BCUT2D eigenvalue weighted by atomic mass is 9.99. The van der Waals surface area contributed by atoms with E-state index in [1.54, 1.807) is 41.5 Å². The van der Waals surface area contributed by atoms with Gasteiger partial charge in [0.1, 0.15) is 27.3 Å². The van der Waals surface area contributed by atoms with Crippen LogP contribution in [0.1, 0.15) is 66.6 Å². The smallest absolute Gasteiger partial charge is 0.420 e. The summed E-state index contributed by atoms with van der Waals surface area (Å²) in [5, 5.41) is 8.20. The highest BCUT2D eigenvalue weighted by Gasteiger charge is 2.32. The predicted octanol–water partition coefficient (Wildman–Crippen LogP) is 4.28. The third-order valence-electron chi connectivity index (χ3n) is 3.01. The summed E-state index contributed by atoms with van der Waals surface area (Å²) in [7, 11) is 0. The first-order chi connectivity index (χ1) is 11.3. The molecule has 0 saturated heterocycles. The minimum absolute atomic E-state index is 0.250. The lowest BCUT2D eigenvalue weighted by Crippen LogP contribution is -2.34. The number of carbonyl (C=O) groups is 2. The van der Waals surface area contributed by atoms with Crippen molar-refractivity contribution >= 4 is 33.7 Å². The second kappa shape index (κ2) is 7.68. The number of nitrogens with zero attached hydrogens (tertiary/aromatic N) is 2. The molecule has 25 heavy (non-hydrogen) atoms. The summed E-state index contributed by atoms with van der Waals surface area (Å²) in [4.78, 5) is 28.9. The molecular formula is C17H26BrN3O4. The van der Waals surface area contributed by atoms with Crippen molar-refractivity contribution in [1.82, 2.24) is 9.55 Å². The molecule has 140 valence electrons. The van der Waals surface area contributed by atoms with Crippen LogP contribution < -0.4 is 0 Å². The molecule has 1 heterocycles. The Kier molecular flexibility index (Phi) is 6.55. The SMILES string of the molecule is CC[C@@H](C(=N)C(=O)OC(C)(C)C)c1ncc(Br)n1C(=O)OC(C)(C)C. The van der Waals surface area contributed by atoms with Crippen LogP contribution in [-0.2, 0) is 14.3 Å². The largest absolute Gasteiger partial charge is 0.455 e. The number of imidazole rings is 1. The first-order valence-electron chi connectivity index (χ1n) is 8.05. The van der Waals surface area contributed by atoms with E-state index < -0.39 is 29.2 Å². The number of rotatable bonds is 4. The maximum absolute atomic E-state index is 12.5. The summed E-state index contributed by atoms with van der Waals surface area (Å²) in [6.07, 6.45) is 1.23. The van der Waals surface area contributed by atoms with Gasteiger partial charge in [-0.1, -0.05) is 6.92 Å². The van der Waals surface area contributed by atoms with Crippen LogP contribution in [0, 0.1) is 5.41 Å². The second-order valence-corrected chi connectivity index (χ2v) is 8.44. The molecule has 1 atom stereocenters. The maximum Gasteiger partial charge on any atom is 0.420 e. The van der Waals surface area contributed by atoms with Gasteiger partial charge in [0.2, 0.25) is 0 Å². The van der Waals surface area contributed by atoms with Crippen LogP contribution in [0.3, 0.4) is 0 Å². The number of halogens is 1. The molecule has 0 unspecified atom stereocenters. The Morgan fingerprint density at radius 3 is 2.16 bits per heavy atom. The highest BCUT2D eigenvalue weighted by Crippen LogP contribution is 2.26. The number of nitrogens with one attached hydrogen (secondary N) is 1. The summed E-state index contributed by atoms with van der Waals surface area (Å²) in [5.41, 5.74) is -1.64. The predicted molar refractivity (Wildman–Crippen MR) is 98.2 cm³/mol. The summed E-state index contributed by atoms with van der Waals surface area (Å²) in [5.74, 6) is -1.15. The van der Waals surface area contributed by atoms with Crippen molar-refractivity contribution < 1.29 is 19.1 Å². The highest BCUT2D eigenvalue weighted by molar-refractivity contribution is 9.10. The molecule has 0 aliphatic carbocycles. The molecule has 1 aromatic heterocycles. The molecule has 0 radical (unpaired) electrons. The second-order valence-electron chi connectivity index (χ2n) is 7.63. The first kappa shape index (κ1) is 21.3. The molecule has 0 saturated carbocycles. The van der Waals surface area contributed by atoms with E-state index in [1.807, 2.05) is 6.92 Å². The Morgan fingerprint density at radius 1 is 1.20 bits per heavy atom. The standard InChI is InChI=1S/C17H26BrN3O4/c1-8-10(12(19)14(22)24-16(2,3)4)13-20-9-11(18)21(13)15(23)25-17(5,6)7/h9-10,19H,8H2,1-7H3/t10-/m0/s1. The van der Waals surface area contributed by atoms with Gasteiger partial charge in [0.05, 0.1) is 12.1 Å². The van der Waals surface area contributed by atoms with Gasteiger partial charge in [-0.15, -0.1) is 0 Å². The Labute approximate surface area is 156 Å². The van der Waals surface area contributed by atoms with Gasteiger partial charge in [-0.3, -0.25) is 5.41 Å². The highest BCUT2D eigenvalue weighted by atomic mass is 79.9. The molecule has 0 aliphatic heterocycles. The average molecular weight is 416 g/mol. The van der Waals surface area contributed by atoms with Crippen molar-refractivity contribution in [2.75, 3.05) is 0 Å². The number of hydrogen-bond acceptors (Lipinski definition) is 6. The number of esters is 1. The molecule has 0 bridgehead atoms. The van der Waals surface area contributed by atoms with Crippen molar-refractivity contribution in [1.29, 1.82) is 5.41 Å². The van der Waals surface area contributed by atoms with Crippen LogP contribution in [0.25, 0.3) is 0 Å². The summed E-state index contributed by atoms with van der Waals surface area (Å²) in [6, 6.07) is 0. The monoisotopic (exact) mass is 415 g/mol. The van der Waals surface area contributed by atoms with Gasteiger partial charge in [-0.25, -0.2) is 19.1 Å². The van der Waals surface area contributed by atoms with Crippen molar-refractivity contribution in [3.8, 4) is 0 Å². The van der Waals surface area contributed by atoms with Crippen molar-refractivity contribution in [3.63, 3.8) is 0 Å². The zero-order valence-electron chi connectivity index (χ0n) is 15.8. The van der Waals surface area contributed by atoms with Crippen LogP contribution in [-0.4, -0.2) is 38.5 Å². The van der Waals surface area contributed by atoms with Crippen molar-refractivity contribution in [3.05, 3.63) is 16.6 Å². The van der Waals surface area contributed by atoms with E-state index >= 15 is 0 Å². The molecule has 0 aliphatic rings. The lowest BCUT2D eigenvalue weighted by molar-refractivity contribution is -0.146. The number of ether oxygens (including phenoxy) is 2. The summed E-state index contributed by atoms with van der Waals surface area (Å²) >= 11 is 3.27. The van der Waals surface area contributed by atoms with E-state index in [0.717, 1.165) is 0 Å². The van der Waals surface area contributed by atoms with E-state index in [1.165, 1.54) is 10.8 Å². The molecule has 0 amide bonds. The minimum atomic E-state index is -0.728. The van der Waals surface area contributed by atoms with Crippen LogP contribution in [0.2, 0.25) is 0 Å². The quantitative estimate of drug-likeness (QED) is 0.584. The fraction of sp³-hybridized carbons (Fsp3) is 0.647. The van der Waals surface area contributed by atoms with Gasteiger partial charge in [0.15, 0.2) is 0 Å². The van der Waals surface area contributed by atoms with Gasteiger partial charge in [0.25, 0.3) is 0 Å². The van der Waals surface area contributed by atoms with E-state index in [0.29, 0.717) is 11.0 Å². The van der Waals surface area contributed by atoms with Gasteiger partial charge in [-0.05, 0) is 63.9 Å². The van der Waals surface area contributed by atoms with Crippen LogP contribution in [0.5, 0.6) is 0 Å². The summed E-state index contributed by atoms with van der Waals surface area (Å²) < 4.78 is 12.3. The Hall–Kier alpha value is -1.70. The van der Waals surface area contributed by atoms with E-state index in [-0.39, 0.29) is 11.5 Å². The van der Waals surface area contributed by atoms with Gasteiger partial charge in [-0.2, -0.15) is 0 Å². The molecule has 0 spiro atoms.